The van der Waals surface area contributed by atoms with Crippen molar-refractivity contribution in [2.45, 2.75) is 38.5 Å². The highest BCUT2D eigenvalue weighted by Gasteiger charge is 2.32. The van der Waals surface area contributed by atoms with Gasteiger partial charge in [0.15, 0.2) is 0 Å². The molecule has 0 radical (unpaired) electrons. The summed E-state index contributed by atoms with van der Waals surface area (Å²) < 4.78 is 5.78. The molecule has 1 saturated heterocycles. The number of hydrogen-bond donors (Lipinski definition) is 1. The van der Waals surface area contributed by atoms with Gasteiger partial charge in [-0.1, -0.05) is 23.5 Å². The van der Waals surface area contributed by atoms with Gasteiger partial charge in [0.1, 0.15) is 11.8 Å². The fraction of sp³-hybridized carbons (Fsp3) is 0.320. The molecule has 4 rings (SSSR count). The molecule has 9 heteroatoms. The molecule has 3 aromatic rings. The highest BCUT2D eigenvalue weighted by atomic mass is 32.1. The van der Waals surface area contributed by atoms with Gasteiger partial charge >= 0.3 is 0 Å². The SMILES string of the molecule is CC(C)Oc1ncc([C@@H](c2ccc(C#N)cc2)N2CCC(NC(=O)c3ccc(C#N)nc3)C2)s1. The van der Waals surface area contributed by atoms with E-state index in [0.717, 1.165) is 23.4 Å². The van der Waals surface area contributed by atoms with Crippen molar-refractivity contribution in [2.75, 3.05) is 13.1 Å². The molecule has 3 heterocycles. The second-order valence-corrected chi connectivity index (χ2v) is 9.35. The third kappa shape index (κ3) is 5.40. The molecular formula is C25H24N6O2S. The molecular weight excluding hydrogens is 448 g/mol. The molecule has 1 unspecified atom stereocenters. The summed E-state index contributed by atoms with van der Waals surface area (Å²) in [6.07, 6.45) is 4.11. The Hall–Kier alpha value is -3.79. The number of likely N-dealkylation sites (tertiary alicyclic amines) is 1. The first-order chi connectivity index (χ1) is 16.5. The Morgan fingerprint density at radius 3 is 2.59 bits per heavy atom. The van der Waals surface area contributed by atoms with Crippen LogP contribution in [0.3, 0.4) is 0 Å². The maximum atomic E-state index is 12.7. The number of rotatable bonds is 7. The van der Waals surface area contributed by atoms with Crippen LogP contribution in [0.15, 0.2) is 48.8 Å². The topological polar surface area (TPSA) is 115 Å². The third-order valence-electron chi connectivity index (χ3n) is 5.52. The molecule has 0 aliphatic carbocycles. The molecule has 0 saturated carbocycles. The van der Waals surface area contributed by atoms with Gasteiger partial charge in [-0.2, -0.15) is 10.5 Å². The van der Waals surface area contributed by atoms with Crippen LogP contribution in [-0.4, -0.2) is 46.0 Å². The molecule has 172 valence electrons. The van der Waals surface area contributed by atoms with Crippen LogP contribution >= 0.6 is 11.3 Å². The number of carbonyl (C=O) groups is 1. The predicted octanol–water partition coefficient (Wildman–Crippen LogP) is 3.66. The van der Waals surface area contributed by atoms with Gasteiger partial charge in [-0.05, 0) is 50.1 Å². The standard InChI is InChI=1S/C25H24N6O2S/c1-16(2)33-25-29-14-22(34-25)23(18-5-3-17(11-26)4-6-18)31-10-9-21(15-31)30-24(32)19-7-8-20(12-27)28-13-19/h3-8,13-14,16,21,23H,9-10,15H2,1-2H3,(H,30,32)/t21?,23-/m1/s1. The second-order valence-electron chi connectivity index (χ2n) is 8.33. The number of aromatic nitrogens is 2. The molecule has 1 aliphatic rings. The number of benzene rings is 1. The average Bonchev–Trinajstić information content (AvgIpc) is 3.49. The Kier molecular flexibility index (Phi) is 7.17. The van der Waals surface area contributed by atoms with Crippen LogP contribution in [0.25, 0.3) is 0 Å². The Morgan fingerprint density at radius 2 is 1.94 bits per heavy atom. The third-order valence-corrected chi connectivity index (χ3v) is 6.46. The van der Waals surface area contributed by atoms with Crippen molar-refractivity contribution in [1.29, 1.82) is 10.5 Å². The zero-order valence-electron chi connectivity index (χ0n) is 18.9. The van der Waals surface area contributed by atoms with E-state index in [1.165, 1.54) is 23.6 Å². The quantitative estimate of drug-likeness (QED) is 0.558. The molecule has 34 heavy (non-hydrogen) atoms. The summed E-state index contributed by atoms with van der Waals surface area (Å²) in [5.41, 5.74) is 2.37. The van der Waals surface area contributed by atoms with Crippen molar-refractivity contribution in [3.05, 3.63) is 76.1 Å². The Bertz CT molecular complexity index is 1220. The Labute approximate surface area is 202 Å². The van der Waals surface area contributed by atoms with Gasteiger partial charge in [0.25, 0.3) is 11.1 Å². The number of nitrogens with one attached hydrogen (secondary N) is 1. The van der Waals surface area contributed by atoms with Crippen molar-refractivity contribution in [3.8, 4) is 17.3 Å². The van der Waals surface area contributed by atoms with Gasteiger partial charge in [-0.15, -0.1) is 0 Å². The highest BCUT2D eigenvalue weighted by molar-refractivity contribution is 7.13. The normalized spacial score (nSPS) is 16.6. The number of amides is 1. The fourth-order valence-corrected chi connectivity index (χ4v) is 5.00. The minimum atomic E-state index is -0.204. The van der Waals surface area contributed by atoms with Gasteiger partial charge in [0, 0.05) is 36.4 Å². The van der Waals surface area contributed by atoms with Crippen molar-refractivity contribution < 1.29 is 9.53 Å². The number of nitrogens with zero attached hydrogens (tertiary/aromatic N) is 5. The van der Waals surface area contributed by atoms with Gasteiger partial charge < -0.3 is 10.1 Å². The first kappa shape index (κ1) is 23.4. The highest BCUT2D eigenvalue weighted by Crippen LogP contribution is 2.37. The van der Waals surface area contributed by atoms with Crippen LogP contribution in [0.1, 0.15) is 58.4 Å². The van der Waals surface area contributed by atoms with E-state index in [1.807, 2.05) is 50.4 Å². The van der Waals surface area contributed by atoms with E-state index in [0.29, 0.717) is 22.9 Å². The summed E-state index contributed by atoms with van der Waals surface area (Å²) >= 11 is 1.51. The zero-order chi connectivity index (χ0) is 24.1. The lowest BCUT2D eigenvalue weighted by Gasteiger charge is -2.27. The van der Waals surface area contributed by atoms with Crippen LogP contribution in [-0.2, 0) is 0 Å². The van der Waals surface area contributed by atoms with Crippen molar-refractivity contribution in [1.82, 2.24) is 20.2 Å². The molecule has 1 aliphatic heterocycles. The summed E-state index contributed by atoms with van der Waals surface area (Å²) in [5.74, 6) is -0.204. The Balaban J connectivity index is 1.52. The molecule has 8 nitrogen and oxygen atoms in total. The van der Waals surface area contributed by atoms with E-state index in [4.69, 9.17) is 10.00 Å². The van der Waals surface area contributed by atoms with Crippen LogP contribution < -0.4 is 10.1 Å². The molecule has 1 aromatic carbocycles. The van der Waals surface area contributed by atoms with Gasteiger partial charge in [0.05, 0.1) is 29.3 Å². The van der Waals surface area contributed by atoms with E-state index >= 15 is 0 Å². The molecule has 0 spiro atoms. The first-order valence-corrected chi connectivity index (χ1v) is 11.8. The monoisotopic (exact) mass is 472 g/mol. The first-order valence-electron chi connectivity index (χ1n) is 11.0. The van der Waals surface area contributed by atoms with E-state index in [9.17, 15) is 10.1 Å². The fourth-order valence-electron chi connectivity index (χ4n) is 3.95. The van der Waals surface area contributed by atoms with E-state index in [2.05, 4.69) is 26.3 Å². The number of hydrogen-bond acceptors (Lipinski definition) is 8. The molecule has 1 amide bonds. The van der Waals surface area contributed by atoms with Crippen LogP contribution in [0.5, 0.6) is 5.19 Å². The average molecular weight is 473 g/mol. The van der Waals surface area contributed by atoms with Crippen molar-refractivity contribution in [3.63, 3.8) is 0 Å². The lowest BCUT2D eigenvalue weighted by Crippen LogP contribution is -2.38. The van der Waals surface area contributed by atoms with Crippen molar-refractivity contribution in [2.24, 2.45) is 0 Å². The largest absolute Gasteiger partial charge is 0.467 e. The Morgan fingerprint density at radius 1 is 1.15 bits per heavy atom. The minimum Gasteiger partial charge on any atom is -0.467 e. The van der Waals surface area contributed by atoms with Crippen molar-refractivity contribution >= 4 is 17.2 Å². The lowest BCUT2D eigenvalue weighted by atomic mass is 10.0. The summed E-state index contributed by atoms with van der Waals surface area (Å²) in [5, 5.41) is 21.8. The van der Waals surface area contributed by atoms with Crippen LogP contribution in [0, 0.1) is 22.7 Å². The smallest absolute Gasteiger partial charge is 0.273 e. The number of thiazole rings is 1. The summed E-state index contributed by atoms with van der Waals surface area (Å²) in [6.45, 7) is 5.39. The number of ether oxygens (including phenoxy) is 1. The number of carbonyl (C=O) groups excluding carboxylic acids is 1. The summed E-state index contributed by atoms with van der Waals surface area (Å²) in [6, 6.07) is 14.8. The van der Waals surface area contributed by atoms with Gasteiger partial charge in [0.2, 0.25) is 0 Å². The van der Waals surface area contributed by atoms with E-state index in [1.54, 1.807) is 6.07 Å². The zero-order valence-corrected chi connectivity index (χ0v) is 19.7. The van der Waals surface area contributed by atoms with Gasteiger partial charge in [-0.25, -0.2) is 9.97 Å². The molecule has 2 atom stereocenters. The summed E-state index contributed by atoms with van der Waals surface area (Å²) in [4.78, 5) is 24.5. The number of nitriles is 2. The molecule has 1 fully saturated rings. The molecule has 2 aromatic heterocycles. The predicted molar refractivity (Wildman–Crippen MR) is 127 cm³/mol. The second kappa shape index (κ2) is 10.4. The molecule has 1 N–H and O–H groups in total. The van der Waals surface area contributed by atoms with E-state index in [-0.39, 0.29) is 29.8 Å². The molecule has 0 bridgehead atoms. The maximum absolute atomic E-state index is 12.7. The summed E-state index contributed by atoms with van der Waals surface area (Å²) in [7, 11) is 0. The van der Waals surface area contributed by atoms with E-state index < -0.39 is 0 Å². The van der Waals surface area contributed by atoms with Crippen LogP contribution in [0.2, 0.25) is 0 Å². The lowest BCUT2D eigenvalue weighted by molar-refractivity contribution is 0.0936. The number of pyridine rings is 1. The van der Waals surface area contributed by atoms with Crippen LogP contribution in [0.4, 0.5) is 0 Å². The van der Waals surface area contributed by atoms with Gasteiger partial charge in [-0.3, -0.25) is 9.69 Å². The minimum absolute atomic E-state index is 0.0247. The maximum Gasteiger partial charge on any atom is 0.273 e.